The van der Waals surface area contributed by atoms with Crippen molar-refractivity contribution in [2.45, 2.75) is 9.79 Å². The summed E-state index contributed by atoms with van der Waals surface area (Å²) in [5.41, 5.74) is 0.413. The Bertz CT molecular complexity index is 1340. The molecule has 2 rings (SSSR count). The van der Waals surface area contributed by atoms with E-state index in [2.05, 4.69) is 10.6 Å². The van der Waals surface area contributed by atoms with Crippen molar-refractivity contribution in [2.24, 2.45) is 10.3 Å². The number of carboxylic acids is 2. The van der Waals surface area contributed by atoms with Crippen LogP contribution in [-0.2, 0) is 56.3 Å². The molecule has 2 amide bonds. The Kier molecular flexibility index (Phi) is 13.5. The standard InChI is InChI=1S/C22H28N6O10S2.Cu/c23-39(35,36)17-5-1-15(2-6-17)25-19(29)11-27(13-21(31)32)9-10-28(14-22(33)34)12-20(30)26-16-3-7-18(8-4-16)40(24,37)38;/h1-8H,9-14H2,(H,25,29)(H,26,30)(H,31,32)(H,33,34)(H2,23,35,36)(H2,24,37,38);/q;+2/p-2. The topological polar surface area (TPSA) is 265 Å². The van der Waals surface area contributed by atoms with Crippen LogP contribution in [0.25, 0.3) is 0 Å². The maximum atomic E-state index is 12.4. The number of nitrogens with one attached hydrogen (secondary N) is 2. The third-order valence-corrected chi connectivity index (χ3v) is 6.96. The Labute approximate surface area is 246 Å². The van der Waals surface area contributed by atoms with Gasteiger partial charge in [-0.05, 0) is 48.5 Å². The molecule has 227 valence electrons. The molecule has 0 aromatic heterocycles. The van der Waals surface area contributed by atoms with Gasteiger partial charge in [-0.3, -0.25) is 19.4 Å². The molecule has 0 aliphatic carbocycles. The number of sulfonamides is 2. The van der Waals surface area contributed by atoms with Crippen molar-refractivity contribution in [1.82, 2.24) is 9.80 Å². The van der Waals surface area contributed by atoms with Crippen molar-refractivity contribution < 1.29 is 63.3 Å². The van der Waals surface area contributed by atoms with Gasteiger partial charge in [0.05, 0.1) is 34.8 Å². The second-order valence-electron chi connectivity index (χ2n) is 8.40. The molecule has 41 heavy (non-hydrogen) atoms. The van der Waals surface area contributed by atoms with E-state index in [1.165, 1.54) is 48.5 Å². The maximum absolute atomic E-state index is 12.4. The van der Waals surface area contributed by atoms with Crippen LogP contribution in [0.15, 0.2) is 58.3 Å². The average Bonchev–Trinajstić information content (AvgIpc) is 2.81. The number of carbonyl (C=O) groups excluding carboxylic acids is 4. The Hall–Kier alpha value is -3.42. The van der Waals surface area contributed by atoms with Crippen LogP contribution in [-0.4, -0.2) is 89.7 Å². The second kappa shape index (κ2) is 15.5. The fourth-order valence-corrected chi connectivity index (χ4v) is 4.37. The minimum atomic E-state index is -3.94. The molecule has 2 aromatic carbocycles. The molecule has 0 aliphatic rings. The summed E-state index contributed by atoms with van der Waals surface area (Å²) < 4.78 is 45.4. The van der Waals surface area contributed by atoms with E-state index in [1.807, 2.05) is 0 Å². The number of aliphatic carboxylic acids is 2. The molecule has 19 heteroatoms. The number of carbonyl (C=O) groups is 4. The molecule has 0 fully saturated rings. The van der Waals surface area contributed by atoms with Crippen LogP contribution >= 0.6 is 0 Å². The number of hydrogen-bond donors (Lipinski definition) is 4. The van der Waals surface area contributed by atoms with Gasteiger partial charge in [0.15, 0.2) is 0 Å². The second-order valence-corrected chi connectivity index (χ2v) is 11.5. The quantitative estimate of drug-likeness (QED) is 0.132. The van der Waals surface area contributed by atoms with E-state index in [0.717, 1.165) is 9.80 Å². The molecular formula is C22H26CuN6O10S2. The molecule has 0 heterocycles. The van der Waals surface area contributed by atoms with Crippen LogP contribution in [0.4, 0.5) is 11.4 Å². The van der Waals surface area contributed by atoms with Gasteiger partial charge in [0.2, 0.25) is 31.9 Å². The molecule has 0 atom stereocenters. The van der Waals surface area contributed by atoms with Gasteiger partial charge >= 0.3 is 17.1 Å². The summed E-state index contributed by atoms with van der Waals surface area (Å²) in [5, 5.41) is 37.3. The van der Waals surface area contributed by atoms with Crippen molar-refractivity contribution in [2.75, 3.05) is 49.9 Å². The summed E-state index contributed by atoms with van der Waals surface area (Å²) in [6, 6.07) is 9.80. The smallest absolute Gasteiger partial charge is 0.549 e. The number of primary sulfonamides is 2. The van der Waals surface area contributed by atoms with Gasteiger partial charge in [-0.15, -0.1) is 0 Å². The first-order valence-corrected chi connectivity index (χ1v) is 14.3. The van der Waals surface area contributed by atoms with Crippen LogP contribution in [0.3, 0.4) is 0 Å². The van der Waals surface area contributed by atoms with Gasteiger partial charge in [0.25, 0.3) is 0 Å². The van der Waals surface area contributed by atoms with Crippen LogP contribution < -0.4 is 31.1 Å². The molecular weight excluding hydrogens is 636 g/mol. The van der Waals surface area contributed by atoms with Crippen molar-refractivity contribution in [3.05, 3.63) is 48.5 Å². The zero-order chi connectivity index (χ0) is 30.1. The Morgan fingerprint density at radius 3 is 1.15 bits per heavy atom. The molecule has 0 aliphatic heterocycles. The van der Waals surface area contributed by atoms with E-state index >= 15 is 0 Å². The Morgan fingerprint density at radius 2 is 0.902 bits per heavy atom. The van der Waals surface area contributed by atoms with Gasteiger partial charge in [-0.2, -0.15) is 0 Å². The monoisotopic (exact) mass is 661 g/mol. The molecule has 6 N–H and O–H groups in total. The summed E-state index contributed by atoms with van der Waals surface area (Å²) in [5.74, 6) is -4.37. The van der Waals surface area contributed by atoms with Crippen molar-refractivity contribution in [3.63, 3.8) is 0 Å². The fourth-order valence-electron chi connectivity index (χ4n) is 3.34. The fraction of sp³-hybridized carbons (Fsp3) is 0.273. The number of hydrogen-bond acceptors (Lipinski definition) is 12. The minimum absolute atomic E-state index is 0. The number of anilines is 2. The van der Waals surface area contributed by atoms with E-state index in [0.29, 0.717) is 0 Å². The predicted molar refractivity (Wildman–Crippen MR) is 136 cm³/mol. The largest absolute Gasteiger partial charge is 2.00 e. The third kappa shape index (κ3) is 13.2. The molecule has 0 saturated carbocycles. The molecule has 1 radical (unpaired) electrons. The number of amides is 2. The van der Waals surface area contributed by atoms with E-state index in [-0.39, 0.29) is 51.3 Å². The van der Waals surface area contributed by atoms with Crippen molar-refractivity contribution in [3.8, 4) is 0 Å². The van der Waals surface area contributed by atoms with Crippen molar-refractivity contribution in [1.29, 1.82) is 0 Å². The number of benzene rings is 2. The molecule has 0 spiro atoms. The van der Waals surface area contributed by atoms with E-state index in [1.54, 1.807) is 0 Å². The predicted octanol–water partition coefficient (Wildman–Crippen LogP) is -4.34. The number of nitrogens with two attached hydrogens (primary N) is 2. The summed E-state index contributed by atoms with van der Waals surface area (Å²) >= 11 is 0. The number of nitrogens with zero attached hydrogens (tertiary/aromatic N) is 2. The average molecular weight is 662 g/mol. The minimum Gasteiger partial charge on any atom is -0.549 e. The summed E-state index contributed by atoms with van der Waals surface area (Å²) in [4.78, 5) is 49.2. The van der Waals surface area contributed by atoms with E-state index < -0.39 is 70.0 Å². The van der Waals surface area contributed by atoms with Crippen LogP contribution in [0.2, 0.25) is 0 Å². The number of rotatable bonds is 15. The first-order chi connectivity index (χ1) is 18.5. The summed E-state index contributed by atoms with van der Waals surface area (Å²) in [7, 11) is -7.87. The summed E-state index contributed by atoms with van der Waals surface area (Å²) in [6.45, 7) is -2.66. The zero-order valence-corrected chi connectivity index (χ0v) is 23.7. The normalized spacial score (nSPS) is 11.5. The van der Waals surface area contributed by atoms with Crippen LogP contribution in [0, 0.1) is 0 Å². The molecule has 0 bridgehead atoms. The SMILES string of the molecule is NS(=O)(=O)c1ccc(NC(=O)CN(CCN(CC(=O)[O-])CC(=O)Nc2ccc(S(N)(=O)=O)cc2)CC(=O)[O-])cc1.[Cu+2]. The van der Waals surface area contributed by atoms with Gasteiger partial charge < -0.3 is 30.4 Å². The van der Waals surface area contributed by atoms with Gasteiger partial charge in [-0.1, -0.05) is 0 Å². The van der Waals surface area contributed by atoms with E-state index in [4.69, 9.17) is 10.3 Å². The zero-order valence-electron chi connectivity index (χ0n) is 21.1. The first kappa shape index (κ1) is 35.6. The maximum Gasteiger partial charge on any atom is 2.00 e. The van der Waals surface area contributed by atoms with Gasteiger partial charge in [0, 0.05) is 37.6 Å². The van der Waals surface area contributed by atoms with Gasteiger partial charge in [0.1, 0.15) is 0 Å². The van der Waals surface area contributed by atoms with Crippen LogP contribution in [0.1, 0.15) is 0 Å². The Balaban J connectivity index is 0.00000840. The third-order valence-electron chi connectivity index (χ3n) is 5.11. The summed E-state index contributed by atoms with van der Waals surface area (Å²) in [6.07, 6.45) is 0. The van der Waals surface area contributed by atoms with Crippen molar-refractivity contribution >= 4 is 55.2 Å². The Morgan fingerprint density at radius 1 is 0.610 bits per heavy atom. The number of carboxylic acid groups (broad SMARTS) is 2. The molecule has 2 aromatic rings. The van der Waals surface area contributed by atoms with Gasteiger partial charge in [-0.25, -0.2) is 27.1 Å². The van der Waals surface area contributed by atoms with E-state index in [9.17, 15) is 46.2 Å². The first-order valence-electron chi connectivity index (χ1n) is 11.2. The molecule has 0 saturated heterocycles. The van der Waals surface area contributed by atoms with Crippen LogP contribution in [0.5, 0.6) is 0 Å². The molecule has 16 nitrogen and oxygen atoms in total. The molecule has 0 unspecified atom stereocenters.